The van der Waals surface area contributed by atoms with Crippen LogP contribution < -0.4 is 0 Å². The van der Waals surface area contributed by atoms with E-state index in [9.17, 15) is 9.59 Å². The standard InChI is InChI=1S/C26H27NO4/c1-17(2)15-30-25(29)21-20-13-14-26(31-20)16-27(24(28)22(21)26)23(18-9-5-3-6-10-18)19-11-7-4-8-12-19/h3-14,17,20-23H,15-16H2,1-2H3/t20-,21+,22+,26-/m1/s1. The van der Waals surface area contributed by atoms with Gasteiger partial charge in [-0.2, -0.15) is 0 Å². The average molecular weight is 418 g/mol. The maximum absolute atomic E-state index is 13.8. The van der Waals surface area contributed by atoms with E-state index in [-0.39, 0.29) is 29.9 Å². The second-order valence-electron chi connectivity index (χ2n) is 9.11. The van der Waals surface area contributed by atoms with Gasteiger partial charge in [-0.25, -0.2) is 0 Å². The summed E-state index contributed by atoms with van der Waals surface area (Å²) in [6.45, 7) is 4.77. The van der Waals surface area contributed by atoms with E-state index in [1.165, 1.54) is 0 Å². The SMILES string of the molecule is CC(C)COC(=O)[C@@H]1[C@H]2C(=O)N(C(c3ccccc3)c3ccccc3)C[C@]23C=C[C@H]1O3. The van der Waals surface area contributed by atoms with E-state index in [4.69, 9.17) is 9.47 Å². The summed E-state index contributed by atoms with van der Waals surface area (Å²) in [4.78, 5) is 28.6. The zero-order valence-corrected chi connectivity index (χ0v) is 17.8. The molecule has 3 heterocycles. The van der Waals surface area contributed by atoms with Gasteiger partial charge >= 0.3 is 5.97 Å². The lowest BCUT2D eigenvalue weighted by atomic mass is 9.77. The molecule has 0 N–H and O–H groups in total. The van der Waals surface area contributed by atoms with Gasteiger partial charge in [-0.15, -0.1) is 0 Å². The summed E-state index contributed by atoms with van der Waals surface area (Å²) in [5, 5.41) is 0. The number of carbonyl (C=O) groups is 2. The van der Waals surface area contributed by atoms with Crippen molar-refractivity contribution in [1.82, 2.24) is 4.90 Å². The number of esters is 1. The first-order valence-electron chi connectivity index (χ1n) is 10.9. The minimum Gasteiger partial charge on any atom is -0.465 e. The molecule has 2 saturated heterocycles. The third-order valence-corrected chi connectivity index (χ3v) is 6.50. The lowest BCUT2D eigenvalue weighted by molar-refractivity contribution is -0.155. The summed E-state index contributed by atoms with van der Waals surface area (Å²) < 4.78 is 11.8. The van der Waals surface area contributed by atoms with Gasteiger partial charge in [-0.3, -0.25) is 9.59 Å². The van der Waals surface area contributed by atoms with Gasteiger partial charge in [-0.05, 0) is 17.0 Å². The second-order valence-corrected chi connectivity index (χ2v) is 9.11. The number of carbonyl (C=O) groups excluding carboxylic acids is 2. The molecule has 4 atom stereocenters. The molecule has 0 saturated carbocycles. The van der Waals surface area contributed by atoms with Crippen molar-refractivity contribution in [3.8, 4) is 0 Å². The fraction of sp³-hybridized carbons (Fsp3) is 0.385. The third-order valence-electron chi connectivity index (χ3n) is 6.50. The Balaban J connectivity index is 1.50. The molecule has 5 heteroatoms. The number of ether oxygens (including phenoxy) is 2. The Morgan fingerprint density at radius 3 is 2.29 bits per heavy atom. The molecule has 0 unspecified atom stereocenters. The first-order valence-corrected chi connectivity index (χ1v) is 10.9. The minimum absolute atomic E-state index is 0.0453. The van der Waals surface area contributed by atoms with Gasteiger partial charge in [0.05, 0.1) is 31.2 Å². The van der Waals surface area contributed by atoms with Crippen LogP contribution in [0.1, 0.15) is 31.0 Å². The zero-order valence-electron chi connectivity index (χ0n) is 17.8. The van der Waals surface area contributed by atoms with Crippen LogP contribution in [0.2, 0.25) is 0 Å². The van der Waals surface area contributed by atoms with Gasteiger partial charge in [0.15, 0.2) is 0 Å². The molecule has 31 heavy (non-hydrogen) atoms. The number of hydrogen-bond acceptors (Lipinski definition) is 4. The van der Waals surface area contributed by atoms with Gasteiger partial charge in [0, 0.05) is 0 Å². The normalized spacial score (nSPS) is 28.6. The van der Waals surface area contributed by atoms with Crippen molar-refractivity contribution in [3.05, 3.63) is 83.9 Å². The van der Waals surface area contributed by atoms with E-state index >= 15 is 0 Å². The molecule has 3 aliphatic heterocycles. The number of likely N-dealkylation sites (tertiary alicyclic amines) is 1. The Labute approximate surface area is 182 Å². The molecule has 2 aromatic rings. The lowest BCUT2D eigenvalue weighted by Crippen LogP contribution is -2.40. The summed E-state index contributed by atoms with van der Waals surface area (Å²) in [5.74, 6) is -1.27. The van der Waals surface area contributed by atoms with Crippen LogP contribution in [0.3, 0.4) is 0 Å². The van der Waals surface area contributed by atoms with Crippen LogP contribution >= 0.6 is 0 Å². The summed E-state index contributed by atoms with van der Waals surface area (Å²) in [6.07, 6.45) is 3.52. The highest BCUT2D eigenvalue weighted by Crippen LogP contribution is 2.54. The number of amides is 1. The lowest BCUT2D eigenvalue weighted by Gasteiger charge is -2.31. The van der Waals surface area contributed by atoms with E-state index in [2.05, 4.69) is 0 Å². The van der Waals surface area contributed by atoms with Gasteiger partial charge in [0.2, 0.25) is 5.91 Å². The van der Waals surface area contributed by atoms with Crippen LogP contribution in [-0.2, 0) is 19.1 Å². The molecule has 2 fully saturated rings. The number of benzene rings is 2. The van der Waals surface area contributed by atoms with E-state index in [0.29, 0.717) is 13.2 Å². The van der Waals surface area contributed by atoms with Gasteiger partial charge in [-0.1, -0.05) is 86.7 Å². The average Bonchev–Trinajstić information content (AvgIpc) is 3.42. The Bertz CT molecular complexity index is 963. The van der Waals surface area contributed by atoms with Crippen LogP contribution in [-0.4, -0.2) is 41.6 Å². The predicted octanol–water partition coefficient (Wildman–Crippen LogP) is 3.76. The van der Waals surface area contributed by atoms with Gasteiger partial charge in [0.1, 0.15) is 11.5 Å². The van der Waals surface area contributed by atoms with Crippen molar-refractivity contribution in [2.75, 3.05) is 13.2 Å². The number of hydrogen-bond donors (Lipinski definition) is 0. The first-order chi connectivity index (χ1) is 15.0. The third kappa shape index (κ3) is 3.28. The molecule has 5 rings (SSSR count). The van der Waals surface area contributed by atoms with Crippen molar-refractivity contribution in [2.45, 2.75) is 31.6 Å². The topological polar surface area (TPSA) is 55.8 Å². The fourth-order valence-corrected chi connectivity index (χ4v) is 5.18. The summed E-state index contributed by atoms with van der Waals surface area (Å²) >= 11 is 0. The molecule has 0 radical (unpaired) electrons. The highest BCUT2D eigenvalue weighted by molar-refractivity contribution is 5.91. The molecular formula is C26H27NO4. The molecular weight excluding hydrogens is 390 g/mol. The van der Waals surface area contributed by atoms with E-state index < -0.39 is 17.4 Å². The molecule has 3 aliphatic rings. The van der Waals surface area contributed by atoms with Crippen LogP contribution in [0.5, 0.6) is 0 Å². The Kier molecular flexibility index (Phi) is 4.94. The molecule has 160 valence electrons. The summed E-state index contributed by atoms with van der Waals surface area (Å²) in [6, 6.07) is 19.8. The van der Waals surface area contributed by atoms with E-state index in [0.717, 1.165) is 11.1 Å². The Morgan fingerprint density at radius 1 is 1.10 bits per heavy atom. The van der Waals surface area contributed by atoms with Crippen molar-refractivity contribution in [2.24, 2.45) is 17.8 Å². The molecule has 0 aromatic heterocycles. The second kappa shape index (κ2) is 7.65. The maximum Gasteiger partial charge on any atom is 0.312 e. The minimum atomic E-state index is -0.759. The monoisotopic (exact) mass is 417 g/mol. The van der Waals surface area contributed by atoms with Crippen molar-refractivity contribution in [3.63, 3.8) is 0 Å². The fourth-order valence-electron chi connectivity index (χ4n) is 5.18. The van der Waals surface area contributed by atoms with Crippen LogP contribution in [0.25, 0.3) is 0 Å². The largest absolute Gasteiger partial charge is 0.465 e. The molecule has 2 aromatic carbocycles. The smallest absolute Gasteiger partial charge is 0.312 e. The quantitative estimate of drug-likeness (QED) is 0.531. The highest BCUT2D eigenvalue weighted by atomic mass is 16.6. The van der Waals surface area contributed by atoms with Crippen LogP contribution in [0, 0.1) is 17.8 Å². The zero-order chi connectivity index (χ0) is 21.6. The number of rotatable bonds is 6. The maximum atomic E-state index is 13.8. The van der Waals surface area contributed by atoms with Crippen molar-refractivity contribution >= 4 is 11.9 Å². The Morgan fingerprint density at radius 2 is 1.71 bits per heavy atom. The summed E-state index contributed by atoms with van der Waals surface area (Å²) in [5.41, 5.74) is 1.32. The van der Waals surface area contributed by atoms with E-state index in [1.54, 1.807) is 0 Å². The Hall–Kier alpha value is -2.92. The van der Waals surface area contributed by atoms with Gasteiger partial charge in [0.25, 0.3) is 0 Å². The first kappa shape index (κ1) is 20.0. The van der Waals surface area contributed by atoms with Crippen molar-refractivity contribution in [1.29, 1.82) is 0 Å². The van der Waals surface area contributed by atoms with E-state index in [1.807, 2.05) is 91.6 Å². The van der Waals surface area contributed by atoms with Gasteiger partial charge < -0.3 is 14.4 Å². The summed E-state index contributed by atoms with van der Waals surface area (Å²) in [7, 11) is 0. The molecule has 1 spiro atoms. The van der Waals surface area contributed by atoms with Crippen LogP contribution in [0.15, 0.2) is 72.8 Å². The molecule has 5 nitrogen and oxygen atoms in total. The molecule has 1 amide bonds. The highest BCUT2D eigenvalue weighted by Gasteiger charge is 2.68. The van der Waals surface area contributed by atoms with Crippen molar-refractivity contribution < 1.29 is 19.1 Å². The molecule has 0 aliphatic carbocycles. The van der Waals surface area contributed by atoms with Crippen LogP contribution in [0.4, 0.5) is 0 Å². The molecule has 2 bridgehead atoms. The number of nitrogens with zero attached hydrogens (tertiary/aromatic N) is 1. The predicted molar refractivity (Wildman–Crippen MR) is 116 cm³/mol. The number of fused-ring (bicyclic) bond motifs is 1.